The Kier molecular flexibility index (Phi) is 6.50. The lowest BCUT2D eigenvalue weighted by molar-refractivity contribution is -0.0682. The summed E-state index contributed by atoms with van der Waals surface area (Å²) in [6.45, 7) is 10.2. The predicted molar refractivity (Wildman–Crippen MR) is 105 cm³/mol. The molecule has 0 aromatic carbocycles. The topological polar surface area (TPSA) is 84.3 Å². The molecule has 1 aromatic heterocycles. The van der Waals surface area contributed by atoms with Crippen molar-refractivity contribution in [1.29, 1.82) is 0 Å². The molecular weight excluding hydrogens is 367 g/mol. The summed E-state index contributed by atoms with van der Waals surface area (Å²) in [6, 6.07) is 3.12. The van der Waals surface area contributed by atoms with E-state index in [1.165, 1.54) is 0 Å². The molecule has 0 radical (unpaired) electrons. The first-order valence-electron chi connectivity index (χ1n) is 9.60. The standard InChI is InChI=1S/C19H29FN2O4Si/c1-6-19(10-11-27(7-2,8-3)9-4)13(5)15(23)17(26-19)22-12-14(20)16(24)21-18(22)25/h12-13,15,17,23H,6-9H2,1-5H3,(H,21,24,25)/t13-,15+,17+,19-/m0/s1. The zero-order chi connectivity index (χ0) is 20.4. The van der Waals surface area contributed by atoms with Gasteiger partial charge in [-0.3, -0.25) is 14.3 Å². The number of ether oxygens (including phenoxy) is 1. The van der Waals surface area contributed by atoms with Gasteiger partial charge in [-0.15, -0.1) is 5.54 Å². The van der Waals surface area contributed by atoms with E-state index in [0.717, 1.165) is 28.9 Å². The molecule has 8 heteroatoms. The molecule has 1 aromatic rings. The van der Waals surface area contributed by atoms with Crippen LogP contribution in [0.2, 0.25) is 18.1 Å². The van der Waals surface area contributed by atoms with Gasteiger partial charge in [0.05, 0.1) is 6.20 Å². The number of nitrogens with one attached hydrogen (secondary N) is 1. The van der Waals surface area contributed by atoms with Gasteiger partial charge in [0.2, 0.25) is 5.82 Å². The SMILES string of the molecule is CC[C@@]1(C#C[Si](CC)(CC)CC)O[C@@H](n2cc(F)c(=O)[nH]c2=O)[C@H](O)[C@@H]1C. The molecule has 0 unspecified atom stereocenters. The van der Waals surface area contributed by atoms with Crippen LogP contribution in [0.5, 0.6) is 0 Å². The highest BCUT2D eigenvalue weighted by Gasteiger charge is 2.51. The van der Waals surface area contributed by atoms with Gasteiger partial charge in [0.15, 0.2) is 6.23 Å². The van der Waals surface area contributed by atoms with Gasteiger partial charge in [0, 0.05) is 5.92 Å². The molecule has 2 rings (SSSR count). The second-order valence-corrected chi connectivity index (χ2v) is 12.2. The fourth-order valence-corrected chi connectivity index (χ4v) is 6.18. The maximum absolute atomic E-state index is 13.7. The number of nitrogens with zero attached hydrogens (tertiary/aromatic N) is 1. The van der Waals surface area contributed by atoms with Gasteiger partial charge in [0.1, 0.15) is 19.8 Å². The van der Waals surface area contributed by atoms with Gasteiger partial charge < -0.3 is 9.84 Å². The third-order valence-corrected chi connectivity index (χ3v) is 10.9. The summed E-state index contributed by atoms with van der Waals surface area (Å²) in [5, 5.41) is 10.7. The Labute approximate surface area is 159 Å². The average molecular weight is 397 g/mol. The molecule has 2 heterocycles. The normalized spacial score (nSPS) is 28.0. The Morgan fingerprint density at radius 3 is 2.41 bits per heavy atom. The quantitative estimate of drug-likeness (QED) is 0.591. The highest BCUT2D eigenvalue weighted by Crippen LogP contribution is 2.43. The molecule has 1 fully saturated rings. The number of aromatic amines is 1. The Balaban J connectivity index is 2.49. The first kappa shape index (κ1) is 21.6. The molecule has 1 saturated heterocycles. The molecule has 150 valence electrons. The monoisotopic (exact) mass is 396 g/mol. The zero-order valence-electron chi connectivity index (χ0n) is 16.6. The van der Waals surface area contributed by atoms with Gasteiger partial charge in [-0.2, -0.15) is 4.39 Å². The summed E-state index contributed by atoms with van der Waals surface area (Å²) in [5.74, 6) is 1.83. The van der Waals surface area contributed by atoms with Crippen molar-refractivity contribution >= 4 is 8.07 Å². The molecule has 6 nitrogen and oxygen atoms in total. The lowest BCUT2D eigenvalue weighted by Gasteiger charge is -2.28. The summed E-state index contributed by atoms with van der Waals surface area (Å²) in [7, 11) is -1.73. The molecule has 0 saturated carbocycles. The highest BCUT2D eigenvalue weighted by molar-refractivity contribution is 6.87. The minimum Gasteiger partial charge on any atom is -0.388 e. The number of aliphatic hydroxyl groups excluding tert-OH is 1. The van der Waals surface area contributed by atoms with Crippen LogP contribution >= 0.6 is 0 Å². The number of halogens is 1. The van der Waals surface area contributed by atoms with Crippen LogP contribution in [0.4, 0.5) is 4.39 Å². The smallest absolute Gasteiger partial charge is 0.330 e. The summed E-state index contributed by atoms with van der Waals surface area (Å²) in [4.78, 5) is 25.3. The zero-order valence-corrected chi connectivity index (χ0v) is 17.6. The third-order valence-electron chi connectivity index (χ3n) is 6.16. The molecule has 0 amide bonds. The highest BCUT2D eigenvalue weighted by atomic mass is 28.3. The van der Waals surface area contributed by atoms with E-state index in [9.17, 15) is 19.1 Å². The van der Waals surface area contributed by atoms with Gasteiger partial charge in [0.25, 0.3) is 5.56 Å². The minimum atomic E-state index is -1.73. The van der Waals surface area contributed by atoms with E-state index < -0.39 is 43.1 Å². The van der Waals surface area contributed by atoms with E-state index >= 15 is 0 Å². The van der Waals surface area contributed by atoms with E-state index in [1.54, 1.807) is 0 Å². The second-order valence-electron chi connectivity index (χ2n) is 7.27. The maximum atomic E-state index is 13.7. The van der Waals surface area contributed by atoms with Crippen molar-refractivity contribution in [3.8, 4) is 11.5 Å². The lowest BCUT2D eigenvalue weighted by atomic mass is 9.85. The van der Waals surface area contributed by atoms with E-state index in [1.807, 2.05) is 18.8 Å². The minimum absolute atomic E-state index is 0.376. The maximum Gasteiger partial charge on any atom is 0.330 e. The van der Waals surface area contributed by atoms with Crippen LogP contribution in [0.3, 0.4) is 0 Å². The van der Waals surface area contributed by atoms with Crippen molar-refractivity contribution in [1.82, 2.24) is 9.55 Å². The fraction of sp³-hybridized carbons (Fsp3) is 0.684. The summed E-state index contributed by atoms with van der Waals surface area (Å²) >= 11 is 0. The van der Waals surface area contributed by atoms with Crippen molar-refractivity contribution in [2.24, 2.45) is 5.92 Å². The number of rotatable bonds is 5. The molecule has 0 spiro atoms. The van der Waals surface area contributed by atoms with Gasteiger partial charge in [-0.05, 0) is 24.6 Å². The van der Waals surface area contributed by atoms with Crippen LogP contribution < -0.4 is 11.2 Å². The van der Waals surface area contributed by atoms with Crippen molar-refractivity contribution in [3.05, 3.63) is 32.9 Å². The molecule has 0 bridgehead atoms. The van der Waals surface area contributed by atoms with Crippen LogP contribution in [0.15, 0.2) is 15.8 Å². The van der Waals surface area contributed by atoms with Crippen molar-refractivity contribution in [2.75, 3.05) is 0 Å². The molecule has 0 aliphatic carbocycles. The van der Waals surface area contributed by atoms with Crippen molar-refractivity contribution in [3.63, 3.8) is 0 Å². The van der Waals surface area contributed by atoms with Gasteiger partial charge in [-0.1, -0.05) is 40.5 Å². The van der Waals surface area contributed by atoms with Gasteiger partial charge >= 0.3 is 5.69 Å². The Bertz CT molecular complexity index is 843. The molecule has 1 aliphatic heterocycles. The molecule has 2 N–H and O–H groups in total. The molecule has 4 atom stereocenters. The number of aliphatic hydroxyl groups is 1. The summed E-state index contributed by atoms with van der Waals surface area (Å²) < 4.78 is 20.7. The number of hydrogen-bond donors (Lipinski definition) is 2. The Morgan fingerprint density at radius 2 is 1.89 bits per heavy atom. The molecule has 1 aliphatic rings. The Hall–Kier alpha value is -1.69. The largest absolute Gasteiger partial charge is 0.388 e. The second kappa shape index (κ2) is 8.13. The number of hydrogen-bond acceptors (Lipinski definition) is 4. The number of aromatic nitrogens is 2. The molecule has 27 heavy (non-hydrogen) atoms. The lowest BCUT2D eigenvalue weighted by Crippen LogP contribution is -2.37. The van der Waals surface area contributed by atoms with Gasteiger partial charge in [-0.25, -0.2) is 4.79 Å². The van der Waals surface area contributed by atoms with Crippen LogP contribution in [0, 0.1) is 23.2 Å². The van der Waals surface area contributed by atoms with Crippen molar-refractivity contribution < 1.29 is 14.2 Å². The first-order valence-corrected chi connectivity index (χ1v) is 12.2. The predicted octanol–water partition coefficient (Wildman–Crippen LogP) is 2.40. The van der Waals surface area contributed by atoms with E-state index in [0.29, 0.717) is 6.42 Å². The van der Waals surface area contributed by atoms with E-state index in [-0.39, 0.29) is 5.92 Å². The van der Waals surface area contributed by atoms with Crippen LogP contribution in [0.25, 0.3) is 0 Å². The fourth-order valence-electron chi connectivity index (χ4n) is 3.68. The van der Waals surface area contributed by atoms with Crippen LogP contribution in [-0.2, 0) is 4.74 Å². The first-order chi connectivity index (χ1) is 12.7. The summed E-state index contributed by atoms with van der Waals surface area (Å²) in [5.41, 5.74) is 0.668. The Morgan fingerprint density at radius 1 is 1.30 bits per heavy atom. The molecular formula is C19H29FN2O4Si. The average Bonchev–Trinajstić information content (AvgIpc) is 2.92. The number of H-pyrrole nitrogens is 1. The van der Waals surface area contributed by atoms with Crippen molar-refractivity contribution in [2.45, 2.75) is 77.1 Å². The van der Waals surface area contributed by atoms with E-state index in [2.05, 4.69) is 32.2 Å². The third kappa shape index (κ3) is 3.81. The summed E-state index contributed by atoms with van der Waals surface area (Å²) in [6.07, 6.45) is -0.849. The van der Waals surface area contributed by atoms with Crippen LogP contribution in [-0.4, -0.2) is 34.4 Å². The van der Waals surface area contributed by atoms with Crippen LogP contribution in [0.1, 0.15) is 47.3 Å². The van der Waals surface area contributed by atoms with E-state index in [4.69, 9.17) is 4.74 Å².